The smallest absolute Gasteiger partial charge is 0.193 e. The van der Waals surface area contributed by atoms with Gasteiger partial charge in [0, 0.05) is 50.8 Å². The molecule has 0 aromatic carbocycles. The van der Waals surface area contributed by atoms with Gasteiger partial charge in [-0.15, -0.1) is 11.3 Å². The molecule has 2 aliphatic rings. The van der Waals surface area contributed by atoms with Gasteiger partial charge in [0.2, 0.25) is 0 Å². The predicted octanol–water partition coefficient (Wildman–Crippen LogP) is 3.49. The Bertz CT molecular complexity index is 560. The lowest BCUT2D eigenvalue weighted by molar-refractivity contribution is 0.00103. The van der Waals surface area contributed by atoms with Crippen LogP contribution in [0.5, 0.6) is 0 Å². The number of likely N-dealkylation sites (tertiary alicyclic amines) is 1. The fourth-order valence-corrected chi connectivity index (χ4v) is 4.79. The highest BCUT2D eigenvalue weighted by molar-refractivity contribution is 7.11. The highest BCUT2D eigenvalue weighted by Crippen LogP contribution is 2.26. The predicted molar refractivity (Wildman–Crippen MR) is 109 cm³/mol. The molecule has 1 saturated carbocycles. The number of nitrogens with zero attached hydrogens (tertiary/aromatic N) is 3. The molecule has 0 atom stereocenters. The maximum Gasteiger partial charge on any atom is 0.193 e. The van der Waals surface area contributed by atoms with E-state index in [0.29, 0.717) is 6.10 Å². The molecule has 26 heavy (non-hydrogen) atoms. The van der Waals surface area contributed by atoms with Crippen LogP contribution in [0.2, 0.25) is 0 Å². The van der Waals surface area contributed by atoms with E-state index in [1.165, 1.54) is 35.6 Å². The monoisotopic (exact) mass is 378 g/mol. The van der Waals surface area contributed by atoms with Crippen molar-refractivity contribution >= 4 is 17.3 Å². The van der Waals surface area contributed by atoms with Crippen LogP contribution in [0.4, 0.5) is 0 Å². The van der Waals surface area contributed by atoms with Crippen molar-refractivity contribution < 1.29 is 4.74 Å². The third kappa shape index (κ3) is 5.68. The first-order valence-corrected chi connectivity index (χ1v) is 11.1. The minimum atomic E-state index is 0.438. The molecule has 0 radical (unpaired) electrons. The molecule has 1 aromatic heterocycles. The Labute approximate surface area is 162 Å². The van der Waals surface area contributed by atoms with Gasteiger partial charge in [-0.1, -0.05) is 19.8 Å². The van der Waals surface area contributed by atoms with Crippen LogP contribution in [0.15, 0.2) is 11.2 Å². The molecule has 2 heterocycles. The summed E-state index contributed by atoms with van der Waals surface area (Å²) < 4.78 is 6.19. The lowest BCUT2D eigenvalue weighted by atomic mass is 10.1. The maximum atomic E-state index is 6.19. The number of ether oxygens (including phenoxy) is 1. The van der Waals surface area contributed by atoms with Gasteiger partial charge in [-0.3, -0.25) is 4.99 Å². The second-order valence-corrected chi connectivity index (χ2v) is 8.67. The first kappa shape index (κ1) is 19.6. The molecule has 1 N–H and O–H groups in total. The zero-order valence-corrected chi connectivity index (χ0v) is 17.2. The van der Waals surface area contributed by atoms with Crippen molar-refractivity contribution in [1.29, 1.82) is 0 Å². The van der Waals surface area contributed by atoms with E-state index in [2.05, 4.69) is 27.1 Å². The van der Waals surface area contributed by atoms with E-state index in [4.69, 9.17) is 4.74 Å². The van der Waals surface area contributed by atoms with Gasteiger partial charge in [0.25, 0.3) is 0 Å². The molecular formula is C20H34N4OS. The Balaban J connectivity index is 1.35. The number of thiazole rings is 1. The summed E-state index contributed by atoms with van der Waals surface area (Å²) in [5.74, 6) is 1.84. The number of piperidine rings is 1. The van der Waals surface area contributed by atoms with Gasteiger partial charge in [-0.05, 0) is 38.0 Å². The Morgan fingerprint density at radius 3 is 2.73 bits per heavy atom. The SMILES string of the molecule is CCc1cnc(CCNC(=NC)N2CCC(OCC3CCCC3)CC2)s1. The van der Waals surface area contributed by atoms with Crippen molar-refractivity contribution in [2.75, 3.05) is 33.3 Å². The number of aromatic nitrogens is 1. The molecule has 1 aliphatic carbocycles. The molecule has 1 aliphatic heterocycles. The first-order valence-electron chi connectivity index (χ1n) is 10.3. The number of aryl methyl sites for hydroxylation is 1. The average molecular weight is 379 g/mol. The van der Waals surface area contributed by atoms with Gasteiger partial charge in [0.15, 0.2) is 5.96 Å². The van der Waals surface area contributed by atoms with Crippen molar-refractivity contribution in [3.05, 3.63) is 16.1 Å². The van der Waals surface area contributed by atoms with Crippen LogP contribution in [0, 0.1) is 5.92 Å². The number of nitrogens with one attached hydrogen (secondary N) is 1. The average Bonchev–Trinajstić information content (AvgIpc) is 3.36. The number of hydrogen-bond donors (Lipinski definition) is 1. The van der Waals surface area contributed by atoms with E-state index in [9.17, 15) is 0 Å². The van der Waals surface area contributed by atoms with Crippen molar-refractivity contribution in [2.45, 2.75) is 64.4 Å². The lowest BCUT2D eigenvalue weighted by Crippen LogP contribution is -2.47. The summed E-state index contributed by atoms with van der Waals surface area (Å²) in [4.78, 5) is 12.7. The molecule has 0 amide bonds. The van der Waals surface area contributed by atoms with Gasteiger partial charge < -0.3 is 15.0 Å². The quantitative estimate of drug-likeness (QED) is 0.583. The van der Waals surface area contributed by atoms with E-state index in [1.807, 2.05) is 24.6 Å². The molecule has 3 rings (SSSR count). The lowest BCUT2D eigenvalue weighted by Gasteiger charge is -2.34. The third-order valence-electron chi connectivity index (χ3n) is 5.57. The van der Waals surface area contributed by atoms with Crippen molar-refractivity contribution in [2.24, 2.45) is 10.9 Å². The van der Waals surface area contributed by atoms with Crippen LogP contribution in [-0.2, 0) is 17.6 Å². The molecule has 0 spiro atoms. The van der Waals surface area contributed by atoms with Crippen LogP contribution in [0.3, 0.4) is 0 Å². The second-order valence-electron chi connectivity index (χ2n) is 7.47. The molecule has 1 saturated heterocycles. The summed E-state index contributed by atoms with van der Waals surface area (Å²) in [7, 11) is 1.88. The van der Waals surface area contributed by atoms with Crippen LogP contribution in [-0.4, -0.2) is 55.2 Å². The van der Waals surface area contributed by atoms with Crippen LogP contribution in [0.25, 0.3) is 0 Å². The Hall–Kier alpha value is -1.14. The topological polar surface area (TPSA) is 49.8 Å². The fraction of sp³-hybridized carbons (Fsp3) is 0.800. The second kappa shape index (κ2) is 10.3. The van der Waals surface area contributed by atoms with Crippen molar-refractivity contribution in [3.63, 3.8) is 0 Å². The molecule has 5 nitrogen and oxygen atoms in total. The molecule has 2 fully saturated rings. The zero-order chi connectivity index (χ0) is 18.2. The highest BCUT2D eigenvalue weighted by Gasteiger charge is 2.23. The van der Waals surface area contributed by atoms with E-state index >= 15 is 0 Å². The van der Waals surface area contributed by atoms with Crippen LogP contribution < -0.4 is 5.32 Å². The summed E-state index contributed by atoms with van der Waals surface area (Å²) >= 11 is 1.82. The molecule has 1 aromatic rings. The van der Waals surface area contributed by atoms with E-state index in [0.717, 1.165) is 63.8 Å². The number of rotatable bonds is 7. The molecule has 0 bridgehead atoms. The minimum absolute atomic E-state index is 0.438. The van der Waals surface area contributed by atoms with Gasteiger partial charge in [-0.25, -0.2) is 4.98 Å². The van der Waals surface area contributed by atoms with Crippen molar-refractivity contribution in [1.82, 2.24) is 15.2 Å². The summed E-state index contributed by atoms with van der Waals surface area (Å²) in [5, 5.41) is 4.72. The van der Waals surface area contributed by atoms with E-state index in [-0.39, 0.29) is 0 Å². The Morgan fingerprint density at radius 2 is 2.08 bits per heavy atom. The summed E-state index contributed by atoms with van der Waals surface area (Å²) in [6.45, 7) is 6.11. The van der Waals surface area contributed by atoms with Crippen molar-refractivity contribution in [3.8, 4) is 0 Å². The molecular weight excluding hydrogens is 344 g/mol. The Kier molecular flexibility index (Phi) is 7.74. The fourth-order valence-electron chi connectivity index (χ4n) is 3.92. The standard InChI is InChI=1S/C20H34N4OS/c1-3-18-14-23-19(26-18)8-11-22-20(21-2)24-12-9-17(10-13-24)25-15-16-6-4-5-7-16/h14,16-17H,3-13,15H2,1-2H3,(H,21,22). The van der Waals surface area contributed by atoms with Crippen LogP contribution in [0.1, 0.15) is 55.3 Å². The van der Waals surface area contributed by atoms with E-state index < -0.39 is 0 Å². The first-order chi connectivity index (χ1) is 12.8. The third-order valence-corrected chi connectivity index (χ3v) is 6.77. The molecule has 146 valence electrons. The minimum Gasteiger partial charge on any atom is -0.378 e. The maximum absolute atomic E-state index is 6.19. The number of aliphatic imine (C=N–C) groups is 1. The van der Waals surface area contributed by atoms with Gasteiger partial charge >= 0.3 is 0 Å². The van der Waals surface area contributed by atoms with Gasteiger partial charge in [-0.2, -0.15) is 0 Å². The number of guanidine groups is 1. The summed E-state index contributed by atoms with van der Waals surface area (Å²) in [5.41, 5.74) is 0. The van der Waals surface area contributed by atoms with Gasteiger partial charge in [0.1, 0.15) is 0 Å². The zero-order valence-electron chi connectivity index (χ0n) is 16.4. The summed E-state index contributed by atoms with van der Waals surface area (Å²) in [6, 6.07) is 0. The normalized spacial score (nSPS) is 20.1. The van der Waals surface area contributed by atoms with Gasteiger partial charge in [0.05, 0.1) is 11.1 Å². The molecule has 0 unspecified atom stereocenters. The molecule has 6 heteroatoms. The Morgan fingerprint density at radius 1 is 1.31 bits per heavy atom. The number of hydrogen-bond acceptors (Lipinski definition) is 4. The summed E-state index contributed by atoms with van der Waals surface area (Å²) in [6.07, 6.45) is 12.2. The van der Waals surface area contributed by atoms with E-state index in [1.54, 1.807) is 0 Å². The largest absolute Gasteiger partial charge is 0.378 e. The van der Waals surface area contributed by atoms with Crippen LogP contribution >= 0.6 is 11.3 Å². The highest BCUT2D eigenvalue weighted by atomic mass is 32.1.